The normalized spacial score (nSPS) is 14.7. The highest BCUT2D eigenvalue weighted by atomic mass is 79.9. The number of benzene rings is 2. The molecular weight excluding hydrogens is 335 g/mol. The van der Waals surface area contributed by atoms with Crippen molar-refractivity contribution in [2.24, 2.45) is 0 Å². The predicted molar refractivity (Wildman–Crippen MR) is 83.1 cm³/mol. The molecule has 0 saturated heterocycles. The molecule has 2 aromatic carbocycles. The van der Waals surface area contributed by atoms with E-state index in [2.05, 4.69) is 15.9 Å². The minimum atomic E-state index is -0.748. The van der Waals surface area contributed by atoms with Gasteiger partial charge in [0, 0.05) is 17.3 Å². The average Bonchev–Trinajstić information content (AvgIpc) is 2.85. The topological polar surface area (TPSA) is 29.5 Å². The van der Waals surface area contributed by atoms with E-state index in [9.17, 15) is 9.50 Å². The Hall–Kier alpha value is -1.39. The Balaban J connectivity index is 1.90. The first-order valence-electron chi connectivity index (χ1n) is 6.92. The second-order valence-corrected chi connectivity index (χ2v) is 6.35. The molecule has 0 aliphatic carbocycles. The van der Waals surface area contributed by atoms with Crippen LogP contribution in [0.25, 0.3) is 0 Å². The number of aryl methyl sites for hydroxylation is 1. The van der Waals surface area contributed by atoms with Crippen LogP contribution in [0.2, 0.25) is 0 Å². The Morgan fingerprint density at radius 1 is 1.29 bits per heavy atom. The van der Waals surface area contributed by atoms with Gasteiger partial charge in [-0.1, -0.05) is 22.0 Å². The summed E-state index contributed by atoms with van der Waals surface area (Å²) in [4.78, 5) is 0. The van der Waals surface area contributed by atoms with Gasteiger partial charge in [-0.05, 0) is 53.4 Å². The fourth-order valence-corrected chi connectivity index (χ4v) is 3.33. The van der Waals surface area contributed by atoms with Gasteiger partial charge in [-0.15, -0.1) is 0 Å². The highest BCUT2D eigenvalue weighted by molar-refractivity contribution is 9.10. The molecule has 0 bridgehead atoms. The van der Waals surface area contributed by atoms with Gasteiger partial charge in [-0.2, -0.15) is 0 Å². The second kappa shape index (κ2) is 5.78. The Bertz CT molecular complexity index is 664. The molecule has 0 aromatic heterocycles. The molecule has 4 heteroatoms. The summed E-state index contributed by atoms with van der Waals surface area (Å²) in [5.74, 6) is 0.546. The third-order valence-corrected chi connectivity index (χ3v) is 4.15. The van der Waals surface area contributed by atoms with Crippen LogP contribution < -0.4 is 4.74 Å². The summed E-state index contributed by atoms with van der Waals surface area (Å²) in [7, 11) is 0. The summed E-state index contributed by atoms with van der Waals surface area (Å²) >= 11 is 3.49. The maximum Gasteiger partial charge on any atom is 0.125 e. The number of halogens is 2. The Morgan fingerprint density at radius 2 is 2.10 bits per heavy atom. The molecule has 110 valence electrons. The van der Waals surface area contributed by atoms with Gasteiger partial charge in [0.1, 0.15) is 11.6 Å². The summed E-state index contributed by atoms with van der Waals surface area (Å²) < 4.78 is 20.1. The third kappa shape index (κ3) is 3.11. The molecule has 1 atom stereocenters. The molecule has 1 heterocycles. The van der Waals surface area contributed by atoms with Crippen LogP contribution in [0.1, 0.15) is 28.4 Å². The number of ether oxygens (including phenoxy) is 1. The van der Waals surface area contributed by atoms with Crippen molar-refractivity contribution in [2.75, 3.05) is 6.61 Å². The number of aliphatic hydroxyl groups is 1. The van der Waals surface area contributed by atoms with Gasteiger partial charge in [0.05, 0.1) is 12.7 Å². The number of aliphatic hydroxyl groups excluding tert-OH is 1. The van der Waals surface area contributed by atoms with Crippen LogP contribution in [0.3, 0.4) is 0 Å². The minimum absolute atomic E-state index is 0.320. The van der Waals surface area contributed by atoms with Gasteiger partial charge in [0.25, 0.3) is 0 Å². The molecule has 21 heavy (non-hydrogen) atoms. The molecule has 1 aliphatic heterocycles. The second-order valence-electron chi connectivity index (χ2n) is 5.43. The van der Waals surface area contributed by atoms with Crippen LogP contribution in [0.4, 0.5) is 4.39 Å². The molecule has 0 spiro atoms. The molecule has 0 saturated carbocycles. The van der Waals surface area contributed by atoms with E-state index in [4.69, 9.17) is 4.74 Å². The Labute approximate surface area is 131 Å². The van der Waals surface area contributed by atoms with Crippen LogP contribution in [-0.4, -0.2) is 11.7 Å². The van der Waals surface area contributed by atoms with Crippen LogP contribution in [0.5, 0.6) is 5.75 Å². The highest BCUT2D eigenvalue weighted by Crippen LogP contribution is 2.35. The highest BCUT2D eigenvalue weighted by Gasteiger charge is 2.20. The lowest BCUT2D eigenvalue weighted by Crippen LogP contribution is -2.04. The lowest BCUT2D eigenvalue weighted by molar-refractivity contribution is 0.176. The zero-order valence-corrected chi connectivity index (χ0v) is 13.3. The van der Waals surface area contributed by atoms with Crippen LogP contribution in [0, 0.1) is 12.7 Å². The van der Waals surface area contributed by atoms with Crippen molar-refractivity contribution >= 4 is 15.9 Å². The number of rotatable bonds is 3. The van der Waals surface area contributed by atoms with Crippen molar-refractivity contribution in [2.45, 2.75) is 25.9 Å². The summed E-state index contributed by atoms with van der Waals surface area (Å²) in [6, 6.07) is 8.66. The zero-order valence-electron chi connectivity index (χ0n) is 11.7. The summed E-state index contributed by atoms with van der Waals surface area (Å²) in [5.41, 5.74) is 3.51. The van der Waals surface area contributed by atoms with E-state index >= 15 is 0 Å². The van der Waals surface area contributed by atoms with E-state index in [0.717, 1.165) is 33.3 Å². The molecule has 0 radical (unpaired) electrons. The van der Waals surface area contributed by atoms with Crippen molar-refractivity contribution in [1.29, 1.82) is 0 Å². The fourth-order valence-electron chi connectivity index (χ4n) is 2.78. The molecule has 1 N–H and O–H groups in total. The van der Waals surface area contributed by atoms with Crippen molar-refractivity contribution in [3.8, 4) is 5.75 Å². The van der Waals surface area contributed by atoms with Gasteiger partial charge < -0.3 is 9.84 Å². The molecule has 2 aromatic rings. The Kier molecular flexibility index (Phi) is 4.00. The summed E-state index contributed by atoms with van der Waals surface area (Å²) in [6.07, 6.45) is 0.545. The standard InChI is InChI=1S/C17H16BrFO2/c1-10-4-12(8-15(19)5-10)16(20)9-13-7-14(18)6-11-2-3-21-17(11)13/h4-8,16,20H,2-3,9H2,1H3. The molecule has 0 fully saturated rings. The molecule has 0 amide bonds. The lowest BCUT2D eigenvalue weighted by Gasteiger charge is -2.15. The van der Waals surface area contributed by atoms with E-state index in [-0.39, 0.29) is 5.82 Å². The molecule has 3 rings (SSSR count). The monoisotopic (exact) mass is 350 g/mol. The van der Waals surface area contributed by atoms with E-state index in [0.29, 0.717) is 18.6 Å². The lowest BCUT2D eigenvalue weighted by atomic mass is 9.98. The van der Waals surface area contributed by atoms with Crippen molar-refractivity contribution < 1.29 is 14.2 Å². The van der Waals surface area contributed by atoms with Crippen LogP contribution in [-0.2, 0) is 12.8 Å². The quantitative estimate of drug-likeness (QED) is 0.902. The maximum atomic E-state index is 13.5. The predicted octanol–water partition coefficient (Wildman–Crippen LogP) is 4.11. The number of hydrogen-bond donors (Lipinski definition) is 1. The first-order chi connectivity index (χ1) is 10.0. The molecule has 2 nitrogen and oxygen atoms in total. The largest absolute Gasteiger partial charge is 0.493 e. The van der Waals surface area contributed by atoms with E-state index in [1.807, 2.05) is 25.1 Å². The smallest absolute Gasteiger partial charge is 0.125 e. The van der Waals surface area contributed by atoms with E-state index in [1.54, 1.807) is 0 Å². The first kappa shape index (κ1) is 14.5. The van der Waals surface area contributed by atoms with Crippen LogP contribution in [0.15, 0.2) is 34.8 Å². The van der Waals surface area contributed by atoms with Gasteiger partial charge in [-0.25, -0.2) is 4.39 Å². The van der Waals surface area contributed by atoms with Gasteiger partial charge in [0.2, 0.25) is 0 Å². The van der Waals surface area contributed by atoms with Gasteiger partial charge in [-0.3, -0.25) is 0 Å². The fraction of sp³-hybridized carbons (Fsp3) is 0.294. The number of hydrogen-bond acceptors (Lipinski definition) is 2. The Morgan fingerprint density at radius 3 is 2.86 bits per heavy atom. The molecule has 1 aliphatic rings. The first-order valence-corrected chi connectivity index (χ1v) is 7.71. The summed E-state index contributed by atoms with van der Waals surface area (Å²) in [5, 5.41) is 10.4. The number of fused-ring (bicyclic) bond motifs is 1. The van der Waals surface area contributed by atoms with Gasteiger partial charge >= 0.3 is 0 Å². The third-order valence-electron chi connectivity index (χ3n) is 3.69. The van der Waals surface area contributed by atoms with E-state index in [1.165, 1.54) is 12.1 Å². The van der Waals surface area contributed by atoms with Crippen molar-refractivity contribution in [3.05, 3.63) is 62.9 Å². The molecular formula is C17H16BrFO2. The van der Waals surface area contributed by atoms with Crippen molar-refractivity contribution in [1.82, 2.24) is 0 Å². The summed E-state index contributed by atoms with van der Waals surface area (Å²) in [6.45, 7) is 2.49. The SMILES string of the molecule is Cc1cc(F)cc(C(O)Cc2cc(Br)cc3c2OCC3)c1. The van der Waals surface area contributed by atoms with E-state index < -0.39 is 6.10 Å². The minimum Gasteiger partial charge on any atom is -0.493 e. The molecule has 1 unspecified atom stereocenters. The maximum absolute atomic E-state index is 13.5. The average molecular weight is 351 g/mol. The van der Waals surface area contributed by atoms with Crippen LogP contribution >= 0.6 is 15.9 Å². The zero-order chi connectivity index (χ0) is 15.0. The van der Waals surface area contributed by atoms with Crippen molar-refractivity contribution in [3.63, 3.8) is 0 Å². The van der Waals surface area contributed by atoms with Gasteiger partial charge in [0.15, 0.2) is 0 Å².